The molecule has 4 nitrogen and oxygen atoms in total. The predicted octanol–water partition coefficient (Wildman–Crippen LogP) is 4.82. The lowest BCUT2D eigenvalue weighted by Crippen LogP contribution is -2.04. The molecule has 134 valence electrons. The van der Waals surface area contributed by atoms with E-state index in [1.807, 2.05) is 36.4 Å². The second kappa shape index (κ2) is 8.14. The molecule has 27 heavy (non-hydrogen) atoms. The van der Waals surface area contributed by atoms with Crippen molar-refractivity contribution < 1.29 is 4.39 Å². The molecular weight excluding hydrogens is 359 g/mol. The normalized spacial score (nSPS) is 10.9. The molecule has 0 saturated carbocycles. The molecule has 4 rings (SSSR count). The third kappa shape index (κ3) is 4.23. The van der Waals surface area contributed by atoms with Gasteiger partial charge < -0.3 is 0 Å². The van der Waals surface area contributed by atoms with E-state index in [2.05, 4.69) is 31.9 Å². The minimum Gasteiger partial charge on any atom is -0.297 e. The van der Waals surface area contributed by atoms with Crippen molar-refractivity contribution >= 4 is 11.8 Å². The number of benzene rings is 2. The summed E-state index contributed by atoms with van der Waals surface area (Å²) >= 11 is 1.55. The summed E-state index contributed by atoms with van der Waals surface area (Å²) in [5.41, 5.74) is 2.99. The smallest absolute Gasteiger partial charge is 0.192 e. The fourth-order valence-corrected chi connectivity index (χ4v) is 3.67. The van der Waals surface area contributed by atoms with Crippen LogP contribution in [-0.2, 0) is 12.3 Å². The predicted molar refractivity (Wildman–Crippen MR) is 105 cm³/mol. The SMILES string of the molecule is Fc1cccc(CSc2nnc(-c3cccnc3)n2Cc2ccccc2)c1. The Labute approximate surface area is 161 Å². The van der Waals surface area contributed by atoms with Crippen LogP contribution in [0.25, 0.3) is 11.4 Å². The Bertz CT molecular complexity index is 1020. The van der Waals surface area contributed by atoms with Gasteiger partial charge in [0.05, 0.1) is 6.54 Å². The molecule has 0 radical (unpaired) electrons. The summed E-state index contributed by atoms with van der Waals surface area (Å²) < 4.78 is 15.5. The lowest BCUT2D eigenvalue weighted by molar-refractivity contribution is 0.626. The van der Waals surface area contributed by atoms with Crippen molar-refractivity contribution in [1.29, 1.82) is 0 Å². The van der Waals surface area contributed by atoms with Crippen molar-refractivity contribution in [1.82, 2.24) is 19.7 Å². The quantitative estimate of drug-likeness (QED) is 0.453. The molecule has 0 N–H and O–H groups in total. The molecule has 0 saturated heterocycles. The number of pyridine rings is 1. The first kappa shape index (κ1) is 17.4. The summed E-state index contributed by atoms with van der Waals surface area (Å²) in [5.74, 6) is 1.17. The van der Waals surface area contributed by atoms with Crippen LogP contribution in [-0.4, -0.2) is 19.7 Å². The zero-order chi connectivity index (χ0) is 18.5. The van der Waals surface area contributed by atoms with E-state index in [9.17, 15) is 4.39 Å². The molecule has 2 aromatic heterocycles. The zero-order valence-electron chi connectivity index (χ0n) is 14.5. The Morgan fingerprint density at radius 3 is 2.52 bits per heavy atom. The van der Waals surface area contributed by atoms with Crippen molar-refractivity contribution in [2.24, 2.45) is 0 Å². The summed E-state index contributed by atoms with van der Waals surface area (Å²) in [6.45, 7) is 0.656. The van der Waals surface area contributed by atoms with E-state index in [-0.39, 0.29) is 5.82 Å². The Hall–Kier alpha value is -2.99. The summed E-state index contributed by atoms with van der Waals surface area (Å²) in [4.78, 5) is 4.19. The van der Waals surface area contributed by atoms with E-state index in [1.54, 1.807) is 36.3 Å². The van der Waals surface area contributed by atoms with Gasteiger partial charge in [-0.05, 0) is 35.4 Å². The molecule has 0 bridgehead atoms. The number of hydrogen-bond donors (Lipinski definition) is 0. The second-order valence-corrected chi connectivity index (χ2v) is 6.98. The summed E-state index contributed by atoms with van der Waals surface area (Å²) in [6.07, 6.45) is 3.52. The Kier molecular flexibility index (Phi) is 5.25. The summed E-state index contributed by atoms with van der Waals surface area (Å²) in [5, 5.41) is 9.56. The number of hydrogen-bond acceptors (Lipinski definition) is 4. The van der Waals surface area contributed by atoms with Crippen molar-refractivity contribution in [3.63, 3.8) is 0 Å². The van der Waals surface area contributed by atoms with Crippen LogP contribution in [0.4, 0.5) is 4.39 Å². The Morgan fingerprint density at radius 2 is 1.74 bits per heavy atom. The maximum absolute atomic E-state index is 13.4. The van der Waals surface area contributed by atoms with Gasteiger partial charge in [0.1, 0.15) is 5.82 Å². The number of rotatable bonds is 6. The van der Waals surface area contributed by atoms with Gasteiger partial charge in [0.15, 0.2) is 11.0 Å². The number of aromatic nitrogens is 4. The van der Waals surface area contributed by atoms with E-state index in [0.717, 1.165) is 27.7 Å². The second-order valence-electron chi connectivity index (χ2n) is 6.04. The first-order chi connectivity index (χ1) is 13.3. The van der Waals surface area contributed by atoms with Crippen LogP contribution < -0.4 is 0 Å². The molecule has 0 spiro atoms. The molecule has 0 unspecified atom stereocenters. The van der Waals surface area contributed by atoms with Crippen LogP contribution in [0.3, 0.4) is 0 Å². The minimum atomic E-state index is -0.227. The van der Waals surface area contributed by atoms with Gasteiger partial charge in [-0.15, -0.1) is 10.2 Å². The lowest BCUT2D eigenvalue weighted by atomic mass is 10.2. The highest BCUT2D eigenvalue weighted by Gasteiger charge is 2.15. The molecule has 0 fully saturated rings. The molecular formula is C21H17FN4S. The largest absolute Gasteiger partial charge is 0.297 e. The van der Waals surface area contributed by atoms with Gasteiger partial charge in [0.2, 0.25) is 0 Å². The number of nitrogens with zero attached hydrogens (tertiary/aromatic N) is 4. The van der Waals surface area contributed by atoms with Gasteiger partial charge in [-0.1, -0.05) is 54.2 Å². The van der Waals surface area contributed by atoms with E-state index in [1.165, 1.54) is 6.07 Å². The van der Waals surface area contributed by atoms with Crippen LogP contribution in [0.2, 0.25) is 0 Å². The fourth-order valence-electron chi connectivity index (χ4n) is 2.79. The average molecular weight is 376 g/mol. The lowest BCUT2D eigenvalue weighted by Gasteiger charge is -2.10. The third-order valence-electron chi connectivity index (χ3n) is 4.08. The minimum absolute atomic E-state index is 0.227. The summed E-state index contributed by atoms with van der Waals surface area (Å²) in [7, 11) is 0. The molecule has 0 aliphatic rings. The van der Waals surface area contributed by atoms with Gasteiger partial charge in [-0.2, -0.15) is 0 Å². The molecule has 2 aromatic carbocycles. The van der Waals surface area contributed by atoms with Crippen LogP contribution >= 0.6 is 11.8 Å². The van der Waals surface area contributed by atoms with E-state index in [4.69, 9.17) is 0 Å². The Morgan fingerprint density at radius 1 is 0.889 bits per heavy atom. The monoisotopic (exact) mass is 376 g/mol. The topological polar surface area (TPSA) is 43.6 Å². The van der Waals surface area contributed by atoms with Crippen molar-refractivity contribution in [3.05, 3.63) is 96.1 Å². The molecule has 4 aromatic rings. The number of halogens is 1. The Balaban J connectivity index is 1.65. The molecule has 0 aliphatic carbocycles. The summed E-state index contributed by atoms with van der Waals surface area (Å²) in [6, 6.07) is 20.7. The van der Waals surface area contributed by atoms with Gasteiger partial charge in [0, 0.05) is 23.7 Å². The van der Waals surface area contributed by atoms with E-state index in [0.29, 0.717) is 12.3 Å². The van der Waals surface area contributed by atoms with Crippen LogP contribution in [0.1, 0.15) is 11.1 Å². The molecule has 0 atom stereocenters. The van der Waals surface area contributed by atoms with Gasteiger partial charge in [-0.25, -0.2) is 4.39 Å². The highest BCUT2D eigenvalue weighted by Crippen LogP contribution is 2.27. The highest BCUT2D eigenvalue weighted by molar-refractivity contribution is 7.98. The highest BCUT2D eigenvalue weighted by atomic mass is 32.2. The standard InChI is InChI=1S/C21H17FN4S/c22-19-10-4-8-17(12-19)15-27-21-25-24-20(18-9-5-11-23-13-18)26(21)14-16-6-2-1-3-7-16/h1-13H,14-15H2. The van der Waals surface area contributed by atoms with E-state index >= 15 is 0 Å². The third-order valence-corrected chi connectivity index (χ3v) is 5.11. The first-order valence-electron chi connectivity index (χ1n) is 8.54. The van der Waals surface area contributed by atoms with Crippen LogP contribution in [0.5, 0.6) is 0 Å². The van der Waals surface area contributed by atoms with E-state index < -0.39 is 0 Å². The molecule has 2 heterocycles. The maximum Gasteiger partial charge on any atom is 0.192 e. The fraction of sp³-hybridized carbons (Fsp3) is 0.0952. The van der Waals surface area contributed by atoms with Crippen molar-refractivity contribution in [2.75, 3.05) is 0 Å². The van der Waals surface area contributed by atoms with Gasteiger partial charge in [0.25, 0.3) is 0 Å². The molecule has 0 aliphatic heterocycles. The molecule has 6 heteroatoms. The first-order valence-corrected chi connectivity index (χ1v) is 9.53. The number of thioether (sulfide) groups is 1. The molecule has 0 amide bonds. The van der Waals surface area contributed by atoms with Crippen molar-refractivity contribution in [2.45, 2.75) is 17.5 Å². The van der Waals surface area contributed by atoms with Gasteiger partial charge in [-0.3, -0.25) is 9.55 Å². The van der Waals surface area contributed by atoms with Gasteiger partial charge >= 0.3 is 0 Å². The van der Waals surface area contributed by atoms with Crippen LogP contribution in [0.15, 0.2) is 84.3 Å². The average Bonchev–Trinajstić information content (AvgIpc) is 3.10. The zero-order valence-corrected chi connectivity index (χ0v) is 15.3. The van der Waals surface area contributed by atoms with Crippen LogP contribution in [0, 0.1) is 5.82 Å². The maximum atomic E-state index is 13.4. The van der Waals surface area contributed by atoms with Crippen molar-refractivity contribution in [3.8, 4) is 11.4 Å².